The zero-order chi connectivity index (χ0) is 10.1. The van der Waals surface area contributed by atoms with E-state index in [1.165, 1.54) is 0 Å². The van der Waals surface area contributed by atoms with Gasteiger partial charge in [-0.15, -0.1) is 0 Å². The maximum Gasteiger partial charge on any atom is 0.125 e. The molecule has 2 aromatic rings. The molecule has 74 valence electrons. The summed E-state index contributed by atoms with van der Waals surface area (Å²) in [6.07, 6.45) is 3.49. The number of rotatable bonds is 2. The molecule has 2 heterocycles. The molecule has 2 N–H and O–H groups in total. The summed E-state index contributed by atoms with van der Waals surface area (Å²) in [6, 6.07) is 1.92. The fourth-order valence-corrected chi connectivity index (χ4v) is 1.50. The van der Waals surface area contributed by atoms with Crippen LogP contribution >= 0.6 is 0 Å². The second-order valence-electron chi connectivity index (χ2n) is 3.23. The highest BCUT2D eigenvalue weighted by molar-refractivity contribution is 5.66. The Bertz CT molecular complexity index is 442. The van der Waals surface area contributed by atoms with Gasteiger partial charge in [0.25, 0.3) is 0 Å². The van der Waals surface area contributed by atoms with Crippen LogP contribution in [0.3, 0.4) is 0 Å². The molecule has 0 spiro atoms. The van der Waals surface area contributed by atoms with Gasteiger partial charge in [0.2, 0.25) is 0 Å². The van der Waals surface area contributed by atoms with Gasteiger partial charge in [-0.1, -0.05) is 0 Å². The average molecular weight is 191 g/mol. The van der Waals surface area contributed by atoms with Gasteiger partial charge < -0.3 is 10.2 Å². The molecule has 0 amide bonds. The van der Waals surface area contributed by atoms with Crippen molar-refractivity contribution in [2.75, 3.05) is 0 Å². The Morgan fingerprint density at radius 2 is 2.29 bits per heavy atom. The number of nitrogens with zero attached hydrogens (tertiary/aromatic N) is 2. The SMILES string of the molecule is Cc1c(-c2ccoc2CN)cnn1C. The van der Waals surface area contributed by atoms with Gasteiger partial charge in [0.05, 0.1) is 19.0 Å². The maximum absolute atomic E-state index is 5.57. The van der Waals surface area contributed by atoms with E-state index < -0.39 is 0 Å². The minimum Gasteiger partial charge on any atom is -0.467 e. The van der Waals surface area contributed by atoms with Crippen LogP contribution in [0, 0.1) is 6.92 Å². The first-order chi connectivity index (χ1) is 6.74. The van der Waals surface area contributed by atoms with Crippen LogP contribution in [-0.2, 0) is 13.6 Å². The van der Waals surface area contributed by atoms with E-state index >= 15 is 0 Å². The normalized spacial score (nSPS) is 10.8. The lowest BCUT2D eigenvalue weighted by atomic mass is 10.1. The molecule has 2 rings (SSSR count). The van der Waals surface area contributed by atoms with Gasteiger partial charge in [-0.3, -0.25) is 4.68 Å². The molecule has 0 bridgehead atoms. The molecular formula is C10H13N3O. The summed E-state index contributed by atoms with van der Waals surface area (Å²) in [5.74, 6) is 0.807. The Balaban J connectivity index is 2.54. The Hall–Kier alpha value is -1.55. The highest BCUT2D eigenvalue weighted by Crippen LogP contribution is 2.26. The Morgan fingerprint density at radius 3 is 2.86 bits per heavy atom. The fraction of sp³-hybridized carbons (Fsp3) is 0.300. The molecule has 0 aliphatic heterocycles. The van der Waals surface area contributed by atoms with Crippen LogP contribution in [0.2, 0.25) is 0 Å². The van der Waals surface area contributed by atoms with Gasteiger partial charge in [0, 0.05) is 23.9 Å². The topological polar surface area (TPSA) is 57.0 Å². The van der Waals surface area contributed by atoms with Crippen LogP contribution in [0.4, 0.5) is 0 Å². The number of nitrogens with two attached hydrogens (primary N) is 1. The first kappa shape index (κ1) is 9.02. The van der Waals surface area contributed by atoms with Gasteiger partial charge in [-0.2, -0.15) is 5.10 Å². The molecular weight excluding hydrogens is 178 g/mol. The minimum absolute atomic E-state index is 0.413. The molecule has 4 heteroatoms. The van der Waals surface area contributed by atoms with Crippen LogP contribution in [0.15, 0.2) is 22.9 Å². The molecule has 0 atom stereocenters. The third-order valence-electron chi connectivity index (χ3n) is 2.46. The standard InChI is InChI=1S/C10H13N3O/c1-7-9(6-12-13(7)2)8-3-4-14-10(8)5-11/h3-4,6H,5,11H2,1-2H3. The molecule has 0 saturated carbocycles. The van der Waals surface area contributed by atoms with Crippen LogP contribution in [0.1, 0.15) is 11.5 Å². The van der Waals surface area contributed by atoms with Crippen molar-refractivity contribution in [3.05, 3.63) is 30.0 Å². The molecule has 0 fully saturated rings. The average Bonchev–Trinajstić information content (AvgIpc) is 2.75. The number of hydrogen-bond donors (Lipinski definition) is 1. The summed E-state index contributed by atoms with van der Waals surface area (Å²) in [5.41, 5.74) is 8.81. The highest BCUT2D eigenvalue weighted by atomic mass is 16.3. The smallest absolute Gasteiger partial charge is 0.125 e. The zero-order valence-electron chi connectivity index (χ0n) is 8.32. The first-order valence-corrected chi connectivity index (χ1v) is 4.49. The lowest BCUT2D eigenvalue weighted by Crippen LogP contribution is -1.97. The van der Waals surface area contributed by atoms with Crippen LogP contribution in [0.25, 0.3) is 11.1 Å². The molecule has 0 saturated heterocycles. The first-order valence-electron chi connectivity index (χ1n) is 4.49. The van der Waals surface area contributed by atoms with Crippen molar-refractivity contribution in [1.82, 2.24) is 9.78 Å². The van der Waals surface area contributed by atoms with E-state index in [0.29, 0.717) is 6.54 Å². The molecule has 0 aromatic carbocycles. The van der Waals surface area contributed by atoms with Crippen molar-refractivity contribution in [1.29, 1.82) is 0 Å². The van der Waals surface area contributed by atoms with Gasteiger partial charge in [-0.05, 0) is 13.0 Å². The molecule has 0 aliphatic carbocycles. The van der Waals surface area contributed by atoms with E-state index in [-0.39, 0.29) is 0 Å². The van der Waals surface area contributed by atoms with E-state index in [4.69, 9.17) is 10.2 Å². The fourth-order valence-electron chi connectivity index (χ4n) is 1.50. The molecule has 14 heavy (non-hydrogen) atoms. The zero-order valence-corrected chi connectivity index (χ0v) is 8.32. The second kappa shape index (κ2) is 3.31. The number of hydrogen-bond acceptors (Lipinski definition) is 3. The van der Waals surface area contributed by atoms with Gasteiger partial charge >= 0.3 is 0 Å². The lowest BCUT2D eigenvalue weighted by Gasteiger charge is -1.99. The molecule has 2 aromatic heterocycles. The number of aryl methyl sites for hydroxylation is 1. The monoisotopic (exact) mass is 191 g/mol. The summed E-state index contributed by atoms with van der Waals surface area (Å²) in [4.78, 5) is 0. The summed E-state index contributed by atoms with van der Waals surface area (Å²) >= 11 is 0. The number of furan rings is 1. The maximum atomic E-state index is 5.57. The van der Waals surface area contributed by atoms with Crippen molar-refractivity contribution < 1.29 is 4.42 Å². The largest absolute Gasteiger partial charge is 0.467 e. The lowest BCUT2D eigenvalue weighted by molar-refractivity contribution is 0.513. The van der Waals surface area contributed by atoms with Gasteiger partial charge in [-0.25, -0.2) is 0 Å². The highest BCUT2D eigenvalue weighted by Gasteiger charge is 2.12. The second-order valence-corrected chi connectivity index (χ2v) is 3.23. The van der Waals surface area contributed by atoms with Crippen LogP contribution < -0.4 is 5.73 Å². The summed E-state index contributed by atoms with van der Waals surface area (Å²) in [7, 11) is 1.92. The summed E-state index contributed by atoms with van der Waals surface area (Å²) in [6.45, 7) is 2.44. The molecule has 4 nitrogen and oxygen atoms in total. The quantitative estimate of drug-likeness (QED) is 0.781. The van der Waals surface area contributed by atoms with E-state index in [1.54, 1.807) is 6.26 Å². The van der Waals surface area contributed by atoms with Gasteiger partial charge in [0.1, 0.15) is 5.76 Å². The van der Waals surface area contributed by atoms with Crippen molar-refractivity contribution in [2.45, 2.75) is 13.5 Å². The Kier molecular flexibility index (Phi) is 2.13. The molecule has 0 unspecified atom stereocenters. The van der Waals surface area contributed by atoms with Crippen molar-refractivity contribution in [2.24, 2.45) is 12.8 Å². The van der Waals surface area contributed by atoms with E-state index in [0.717, 1.165) is 22.6 Å². The van der Waals surface area contributed by atoms with Crippen molar-refractivity contribution >= 4 is 0 Å². The van der Waals surface area contributed by atoms with Crippen molar-refractivity contribution in [3.63, 3.8) is 0 Å². The van der Waals surface area contributed by atoms with Crippen LogP contribution in [-0.4, -0.2) is 9.78 Å². The van der Waals surface area contributed by atoms with Crippen LogP contribution in [0.5, 0.6) is 0 Å². The third kappa shape index (κ3) is 1.24. The van der Waals surface area contributed by atoms with Crippen molar-refractivity contribution in [3.8, 4) is 11.1 Å². The van der Waals surface area contributed by atoms with E-state index in [9.17, 15) is 0 Å². The summed E-state index contributed by atoms with van der Waals surface area (Å²) in [5, 5.41) is 4.18. The minimum atomic E-state index is 0.413. The predicted molar refractivity (Wildman–Crippen MR) is 53.5 cm³/mol. The predicted octanol–water partition coefficient (Wildman–Crippen LogP) is 1.45. The molecule has 0 aliphatic rings. The Labute approximate surface area is 82.3 Å². The van der Waals surface area contributed by atoms with E-state index in [2.05, 4.69) is 5.10 Å². The number of aromatic nitrogens is 2. The Morgan fingerprint density at radius 1 is 1.50 bits per heavy atom. The molecule has 0 radical (unpaired) electrons. The third-order valence-corrected chi connectivity index (χ3v) is 2.46. The summed E-state index contributed by atoms with van der Waals surface area (Å²) < 4.78 is 7.11. The van der Waals surface area contributed by atoms with Gasteiger partial charge in [0.15, 0.2) is 0 Å². The van der Waals surface area contributed by atoms with E-state index in [1.807, 2.05) is 30.9 Å².